The molecule has 0 aliphatic heterocycles. The fraction of sp³-hybridized carbons (Fsp3) is 0.273. The van der Waals surface area contributed by atoms with Crippen LogP contribution in [-0.4, -0.2) is 7.11 Å². The highest BCUT2D eigenvalue weighted by Crippen LogP contribution is 2.29. The Labute approximate surface area is 82.5 Å². The highest BCUT2D eigenvalue weighted by atomic mass is 16.5. The fourth-order valence-corrected chi connectivity index (χ4v) is 1.57. The molecule has 0 amide bonds. The Kier molecular flexibility index (Phi) is 2.17. The molecule has 0 radical (unpaired) electrons. The van der Waals surface area contributed by atoms with Crippen molar-refractivity contribution >= 4 is 11.0 Å². The van der Waals surface area contributed by atoms with Gasteiger partial charge in [-0.05, 0) is 30.7 Å². The highest BCUT2D eigenvalue weighted by molar-refractivity contribution is 5.84. The molecule has 2 rings (SSSR count). The second-order valence-electron chi connectivity index (χ2n) is 3.30. The van der Waals surface area contributed by atoms with E-state index in [0.29, 0.717) is 6.54 Å². The third kappa shape index (κ3) is 1.36. The van der Waals surface area contributed by atoms with E-state index in [9.17, 15) is 0 Å². The molecule has 3 heteroatoms. The maximum absolute atomic E-state index is 5.54. The van der Waals surface area contributed by atoms with Gasteiger partial charge in [-0.2, -0.15) is 0 Å². The molecule has 2 N–H and O–H groups in total. The lowest BCUT2D eigenvalue weighted by Crippen LogP contribution is -1.92. The summed E-state index contributed by atoms with van der Waals surface area (Å²) in [5.41, 5.74) is 7.44. The van der Waals surface area contributed by atoms with Gasteiger partial charge >= 0.3 is 0 Å². The van der Waals surface area contributed by atoms with Gasteiger partial charge < -0.3 is 14.9 Å². The number of aryl methyl sites for hydroxylation is 1. The first-order valence-electron chi connectivity index (χ1n) is 4.51. The molecule has 2 aromatic rings. The van der Waals surface area contributed by atoms with E-state index in [-0.39, 0.29) is 0 Å². The summed E-state index contributed by atoms with van der Waals surface area (Å²) in [6.45, 7) is 2.44. The number of furan rings is 1. The topological polar surface area (TPSA) is 48.4 Å². The quantitative estimate of drug-likeness (QED) is 0.791. The SMILES string of the molecule is COc1cc(C)cc2cc(CN)oc12. The maximum Gasteiger partial charge on any atom is 0.176 e. The summed E-state index contributed by atoms with van der Waals surface area (Å²) >= 11 is 0. The third-order valence-electron chi connectivity index (χ3n) is 2.20. The molecule has 1 heterocycles. The van der Waals surface area contributed by atoms with Crippen LogP contribution in [-0.2, 0) is 6.54 Å². The summed E-state index contributed by atoms with van der Waals surface area (Å²) in [4.78, 5) is 0. The zero-order valence-corrected chi connectivity index (χ0v) is 8.33. The van der Waals surface area contributed by atoms with Gasteiger partial charge in [-0.15, -0.1) is 0 Å². The van der Waals surface area contributed by atoms with E-state index in [4.69, 9.17) is 14.9 Å². The van der Waals surface area contributed by atoms with Crippen molar-refractivity contribution in [3.8, 4) is 5.75 Å². The van der Waals surface area contributed by atoms with Gasteiger partial charge in [-0.25, -0.2) is 0 Å². The van der Waals surface area contributed by atoms with Gasteiger partial charge in [-0.3, -0.25) is 0 Å². The molecule has 0 fully saturated rings. The molecule has 14 heavy (non-hydrogen) atoms. The van der Waals surface area contributed by atoms with Crippen molar-refractivity contribution in [2.75, 3.05) is 7.11 Å². The van der Waals surface area contributed by atoms with Gasteiger partial charge in [0.25, 0.3) is 0 Å². The molecule has 0 aliphatic carbocycles. The third-order valence-corrected chi connectivity index (χ3v) is 2.20. The molecule has 0 bridgehead atoms. The monoisotopic (exact) mass is 191 g/mol. The molecular weight excluding hydrogens is 178 g/mol. The summed E-state index contributed by atoms with van der Waals surface area (Å²) in [7, 11) is 1.64. The number of methoxy groups -OCH3 is 1. The van der Waals surface area contributed by atoms with Crippen LogP contribution in [0.2, 0.25) is 0 Å². The molecule has 0 saturated heterocycles. The number of hydrogen-bond donors (Lipinski definition) is 1. The van der Waals surface area contributed by atoms with Gasteiger partial charge in [0.1, 0.15) is 5.76 Å². The van der Waals surface area contributed by atoms with Gasteiger partial charge in [0.05, 0.1) is 13.7 Å². The van der Waals surface area contributed by atoms with Crippen molar-refractivity contribution in [2.45, 2.75) is 13.5 Å². The molecule has 0 aliphatic rings. The zero-order valence-electron chi connectivity index (χ0n) is 8.33. The van der Waals surface area contributed by atoms with Crippen LogP contribution in [0.4, 0.5) is 0 Å². The number of hydrogen-bond acceptors (Lipinski definition) is 3. The lowest BCUT2D eigenvalue weighted by molar-refractivity contribution is 0.407. The Hall–Kier alpha value is -1.48. The average molecular weight is 191 g/mol. The predicted molar refractivity (Wildman–Crippen MR) is 55.4 cm³/mol. The Bertz CT molecular complexity index is 460. The molecule has 0 saturated carbocycles. The van der Waals surface area contributed by atoms with Crippen molar-refractivity contribution in [3.63, 3.8) is 0 Å². The molecule has 0 unspecified atom stereocenters. The van der Waals surface area contributed by atoms with Crippen LogP contribution in [0.1, 0.15) is 11.3 Å². The Morgan fingerprint density at radius 3 is 2.79 bits per heavy atom. The largest absolute Gasteiger partial charge is 0.493 e. The summed E-state index contributed by atoms with van der Waals surface area (Å²) in [5, 5.41) is 1.04. The number of rotatable bonds is 2. The first-order chi connectivity index (χ1) is 6.74. The van der Waals surface area contributed by atoms with Crippen LogP contribution < -0.4 is 10.5 Å². The van der Waals surface area contributed by atoms with Crippen molar-refractivity contribution in [2.24, 2.45) is 5.73 Å². The van der Waals surface area contributed by atoms with Gasteiger partial charge in [0.15, 0.2) is 11.3 Å². The summed E-state index contributed by atoms with van der Waals surface area (Å²) < 4.78 is 10.8. The standard InChI is InChI=1S/C11H13NO2/c1-7-3-8-5-9(6-12)14-11(8)10(4-7)13-2/h3-5H,6,12H2,1-2H3. The average Bonchev–Trinajstić information content (AvgIpc) is 2.59. The van der Waals surface area contributed by atoms with Crippen molar-refractivity contribution in [1.29, 1.82) is 0 Å². The van der Waals surface area contributed by atoms with Crippen molar-refractivity contribution in [3.05, 3.63) is 29.5 Å². The second kappa shape index (κ2) is 3.35. The molecule has 3 nitrogen and oxygen atoms in total. The van der Waals surface area contributed by atoms with E-state index in [2.05, 4.69) is 6.07 Å². The van der Waals surface area contributed by atoms with Gasteiger partial charge in [0.2, 0.25) is 0 Å². The Morgan fingerprint density at radius 1 is 1.36 bits per heavy atom. The summed E-state index contributed by atoms with van der Waals surface area (Å²) in [6.07, 6.45) is 0. The van der Waals surface area contributed by atoms with Crippen molar-refractivity contribution in [1.82, 2.24) is 0 Å². The van der Waals surface area contributed by atoms with E-state index in [1.54, 1.807) is 7.11 Å². The van der Waals surface area contributed by atoms with Crippen LogP contribution in [0.3, 0.4) is 0 Å². The smallest absolute Gasteiger partial charge is 0.176 e. The first-order valence-corrected chi connectivity index (χ1v) is 4.51. The van der Waals surface area contributed by atoms with Crippen LogP contribution in [0.15, 0.2) is 22.6 Å². The van der Waals surface area contributed by atoms with Crippen LogP contribution in [0.25, 0.3) is 11.0 Å². The first kappa shape index (κ1) is 9.09. The van der Waals surface area contributed by atoms with Gasteiger partial charge in [-0.1, -0.05) is 0 Å². The molecule has 0 spiro atoms. The molecular formula is C11H13NO2. The van der Waals surface area contributed by atoms with Crippen LogP contribution >= 0.6 is 0 Å². The fourth-order valence-electron chi connectivity index (χ4n) is 1.57. The number of benzene rings is 1. The summed E-state index contributed by atoms with van der Waals surface area (Å²) in [5.74, 6) is 1.55. The van der Waals surface area contributed by atoms with E-state index >= 15 is 0 Å². The minimum atomic E-state index is 0.414. The number of nitrogens with two attached hydrogens (primary N) is 1. The van der Waals surface area contributed by atoms with E-state index < -0.39 is 0 Å². The van der Waals surface area contributed by atoms with E-state index in [0.717, 1.165) is 28.0 Å². The lowest BCUT2D eigenvalue weighted by atomic mass is 10.1. The minimum absolute atomic E-state index is 0.414. The number of ether oxygens (including phenoxy) is 1. The Morgan fingerprint density at radius 2 is 2.14 bits per heavy atom. The highest BCUT2D eigenvalue weighted by Gasteiger charge is 2.08. The normalized spacial score (nSPS) is 10.8. The lowest BCUT2D eigenvalue weighted by Gasteiger charge is -2.01. The van der Waals surface area contributed by atoms with Crippen molar-refractivity contribution < 1.29 is 9.15 Å². The summed E-state index contributed by atoms with van der Waals surface area (Å²) in [6, 6.07) is 5.96. The zero-order chi connectivity index (χ0) is 10.1. The number of fused-ring (bicyclic) bond motifs is 1. The molecule has 74 valence electrons. The van der Waals surface area contributed by atoms with Crippen LogP contribution in [0.5, 0.6) is 5.75 Å². The predicted octanol–water partition coefficient (Wildman–Crippen LogP) is 2.21. The Balaban J connectivity index is 2.71. The maximum atomic E-state index is 5.54. The second-order valence-corrected chi connectivity index (χ2v) is 3.30. The van der Waals surface area contributed by atoms with E-state index in [1.165, 1.54) is 0 Å². The van der Waals surface area contributed by atoms with Gasteiger partial charge in [0, 0.05) is 5.39 Å². The molecule has 1 aromatic heterocycles. The molecule has 1 aromatic carbocycles. The molecule has 0 atom stereocenters. The van der Waals surface area contributed by atoms with E-state index in [1.807, 2.05) is 19.1 Å². The minimum Gasteiger partial charge on any atom is -0.493 e. The van der Waals surface area contributed by atoms with Crippen LogP contribution in [0, 0.1) is 6.92 Å².